The minimum absolute atomic E-state index is 1.13. The maximum absolute atomic E-state index is 3.50. The number of hydrogen-bond acceptors (Lipinski definition) is 1. The van der Waals surface area contributed by atoms with Crippen molar-refractivity contribution >= 4 is 33.8 Å². The lowest BCUT2D eigenvalue weighted by Gasteiger charge is -2.08. The summed E-state index contributed by atoms with van der Waals surface area (Å²) in [5.74, 6) is 0. The van der Waals surface area contributed by atoms with Crippen LogP contribution in [0.2, 0.25) is 0 Å². The van der Waals surface area contributed by atoms with Crippen LogP contribution in [-0.2, 0) is 0 Å². The number of rotatable bonds is 8. The van der Waals surface area contributed by atoms with Crippen molar-refractivity contribution in [2.45, 2.75) is 43.9 Å². The number of halogens is 1. The van der Waals surface area contributed by atoms with Crippen LogP contribution in [0.3, 0.4) is 0 Å². The van der Waals surface area contributed by atoms with Crippen LogP contribution in [0, 0.1) is 0 Å². The van der Waals surface area contributed by atoms with E-state index in [2.05, 4.69) is 83.5 Å². The fraction of sp³-hybridized carbons (Fsp3) is 0.300. The summed E-state index contributed by atoms with van der Waals surface area (Å²) in [6, 6.07) is 19.2. The third-order valence-corrected chi connectivity index (χ3v) is 5.09. The zero-order chi connectivity index (χ0) is 15.6. The molecule has 22 heavy (non-hydrogen) atoms. The molecule has 0 saturated carbocycles. The minimum Gasteiger partial charge on any atom is -0.0945 e. The first-order chi connectivity index (χ1) is 10.8. The lowest BCUT2D eigenvalue weighted by atomic mass is 10.1. The van der Waals surface area contributed by atoms with Gasteiger partial charge in [-0.15, -0.1) is 0 Å². The van der Waals surface area contributed by atoms with Crippen LogP contribution >= 0.6 is 27.7 Å². The zero-order valence-corrected chi connectivity index (χ0v) is 15.5. The standard InChI is InChI=1S/C20H23BrS/c1-2-3-4-8-11-20(16-17-9-6-5-7-10-17)22-19-14-12-18(21)13-15-19/h5-7,9-10,12-16H,2-4,8,11H2,1H3/b20-16-. The van der Waals surface area contributed by atoms with Crippen LogP contribution in [0.5, 0.6) is 0 Å². The van der Waals surface area contributed by atoms with Gasteiger partial charge in [-0.2, -0.15) is 0 Å². The molecule has 0 fully saturated rings. The van der Waals surface area contributed by atoms with E-state index in [1.54, 1.807) is 0 Å². The van der Waals surface area contributed by atoms with Crippen molar-refractivity contribution in [3.05, 3.63) is 69.5 Å². The first-order valence-electron chi connectivity index (χ1n) is 7.97. The van der Waals surface area contributed by atoms with Crippen molar-refractivity contribution in [1.82, 2.24) is 0 Å². The molecule has 0 aliphatic heterocycles. The second kappa shape index (κ2) is 9.91. The topological polar surface area (TPSA) is 0 Å². The first kappa shape index (κ1) is 17.4. The molecule has 0 N–H and O–H groups in total. The summed E-state index contributed by atoms with van der Waals surface area (Å²) in [7, 11) is 0. The van der Waals surface area contributed by atoms with E-state index < -0.39 is 0 Å². The maximum atomic E-state index is 3.50. The Morgan fingerprint density at radius 1 is 0.955 bits per heavy atom. The van der Waals surface area contributed by atoms with E-state index in [1.807, 2.05) is 11.8 Å². The van der Waals surface area contributed by atoms with Gasteiger partial charge in [-0.1, -0.05) is 84.2 Å². The van der Waals surface area contributed by atoms with E-state index in [0.717, 1.165) is 10.9 Å². The largest absolute Gasteiger partial charge is 0.0945 e. The number of unbranched alkanes of at least 4 members (excludes halogenated alkanes) is 3. The van der Waals surface area contributed by atoms with Gasteiger partial charge in [0.2, 0.25) is 0 Å². The predicted molar refractivity (Wildman–Crippen MR) is 103 cm³/mol. The van der Waals surface area contributed by atoms with E-state index in [-0.39, 0.29) is 0 Å². The van der Waals surface area contributed by atoms with Crippen molar-refractivity contribution in [3.63, 3.8) is 0 Å². The Balaban J connectivity index is 2.07. The second-order valence-corrected chi connectivity index (χ2v) is 7.50. The van der Waals surface area contributed by atoms with Crippen LogP contribution in [-0.4, -0.2) is 0 Å². The van der Waals surface area contributed by atoms with Crippen molar-refractivity contribution in [2.75, 3.05) is 0 Å². The number of hydrogen-bond donors (Lipinski definition) is 0. The summed E-state index contributed by atoms with van der Waals surface area (Å²) >= 11 is 5.39. The van der Waals surface area contributed by atoms with E-state index >= 15 is 0 Å². The lowest BCUT2D eigenvalue weighted by Crippen LogP contribution is -1.83. The van der Waals surface area contributed by atoms with Gasteiger partial charge in [0.1, 0.15) is 0 Å². The molecular formula is C20H23BrS. The Morgan fingerprint density at radius 3 is 2.36 bits per heavy atom. The summed E-state index contributed by atoms with van der Waals surface area (Å²) in [5, 5.41) is 0. The Labute approximate surface area is 147 Å². The molecule has 0 saturated heterocycles. The third kappa shape index (κ3) is 6.41. The monoisotopic (exact) mass is 374 g/mol. The van der Waals surface area contributed by atoms with Crippen LogP contribution in [0.15, 0.2) is 68.9 Å². The van der Waals surface area contributed by atoms with Gasteiger partial charge in [0, 0.05) is 9.37 Å². The summed E-state index contributed by atoms with van der Waals surface area (Å²) < 4.78 is 1.13. The molecule has 0 radical (unpaired) electrons. The van der Waals surface area contributed by atoms with Gasteiger partial charge in [-0.05, 0) is 53.7 Å². The number of benzene rings is 2. The Hall–Kier alpha value is -0.990. The van der Waals surface area contributed by atoms with Crippen LogP contribution in [0.4, 0.5) is 0 Å². The molecule has 0 nitrogen and oxygen atoms in total. The van der Waals surface area contributed by atoms with Crippen molar-refractivity contribution in [1.29, 1.82) is 0 Å². The van der Waals surface area contributed by atoms with Crippen molar-refractivity contribution < 1.29 is 0 Å². The molecule has 116 valence electrons. The van der Waals surface area contributed by atoms with Crippen molar-refractivity contribution in [3.8, 4) is 0 Å². The normalized spacial score (nSPS) is 11.6. The van der Waals surface area contributed by atoms with Gasteiger partial charge in [-0.25, -0.2) is 0 Å². The van der Waals surface area contributed by atoms with E-state index in [0.29, 0.717) is 0 Å². The zero-order valence-electron chi connectivity index (χ0n) is 13.1. The minimum atomic E-state index is 1.13. The quantitative estimate of drug-likeness (QED) is 0.339. The molecule has 0 spiro atoms. The van der Waals surface area contributed by atoms with Crippen molar-refractivity contribution in [2.24, 2.45) is 0 Å². The van der Waals surface area contributed by atoms with Crippen LogP contribution in [0.1, 0.15) is 44.6 Å². The molecule has 0 atom stereocenters. The molecule has 0 aliphatic rings. The highest BCUT2D eigenvalue weighted by atomic mass is 79.9. The number of allylic oxidation sites excluding steroid dienone is 1. The maximum Gasteiger partial charge on any atom is 0.0176 e. The fourth-order valence-corrected chi connectivity index (χ4v) is 3.55. The second-order valence-electron chi connectivity index (χ2n) is 5.39. The van der Waals surface area contributed by atoms with Gasteiger partial charge in [0.05, 0.1) is 0 Å². The average Bonchev–Trinajstić information content (AvgIpc) is 2.54. The average molecular weight is 375 g/mol. The molecule has 0 heterocycles. The first-order valence-corrected chi connectivity index (χ1v) is 9.58. The smallest absolute Gasteiger partial charge is 0.0176 e. The third-order valence-electron chi connectivity index (χ3n) is 3.47. The molecule has 2 rings (SSSR count). The molecule has 0 aliphatic carbocycles. The Kier molecular flexibility index (Phi) is 7.82. The predicted octanol–water partition coefficient (Wildman–Crippen LogP) is 7.55. The van der Waals surface area contributed by atoms with Gasteiger partial charge >= 0.3 is 0 Å². The summed E-state index contributed by atoms with van der Waals surface area (Å²) in [6.45, 7) is 2.26. The molecule has 0 unspecified atom stereocenters. The summed E-state index contributed by atoms with van der Waals surface area (Å²) in [4.78, 5) is 2.76. The van der Waals surface area contributed by atoms with Crippen LogP contribution < -0.4 is 0 Å². The van der Waals surface area contributed by atoms with Gasteiger partial charge < -0.3 is 0 Å². The van der Waals surface area contributed by atoms with Gasteiger partial charge in [0.25, 0.3) is 0 Å². The molecule has 2 heteroatoms. The summed E-state index contributed by atoms with van der Waals surface area (Å²) in [6.07, 6.45) is 8.72. The molecule has 0 aromatic heterocycles. The summed E-state index contributed by atoms with van der Waals surface area (Å²) in [5.41, 5.74) is 1.29. The fourth-order valence-electron chi connectivity index (χ4n) is 2.27. The SMILES string of the molecule is CCCCCC/C(=C/c1ccccc1)Sc1ccc(Br)cc1. The molecular weight excluding hydrogens is 352 g/mol. The molecule has 0 amide bonds. The highest BCUT2D eigenvalue weighted by Crippen LogP contribution is 2.32. The van der Waals surface area contributed by atoms with Gasteiger partial charge in [0.15, 0.2) is 0 Å². The van der Waals surface area contributed by atoms with E-state index in [4.69, 9.17) is 0 Å². The van der Waals surface area contributed by atoms with E-state index in [9.17, 15) is 0 Å². The Morgan fingerprint density at radius 2 is 1.68 bits per heavy atom. The lowest BCUT2D eigenvalue weighted by molar-refractivity contribution is 0.673. The highest BCUT2D eigenvalue weighted by Gasteiger charge is 2.02. The van der Waals surface area contributed by atoms with Gasteiger partial charge in [-0.3, -0.25) is 0 Å². The Bertz CT molecular complexity index is 572. The molecule has 0 bridgehead atoms. The molecule has 2 aromatic carbocycles. The van der Waals surface area contributed by atoms with Crippen LogP contribution in [0.25, 0.3) is 6.08 Å². The number of thioether (sulfide) groups is 1. The highest BCUT2D eigenvalue weighted by molar-refractivity contribution is 9.10. The molecule has 2 aromatic rings. The van der Waals surface area contributed by atoms with E-state index in [1.165, 1.54) is 41.0 Å².